The first-order chi connectivity index (χ1) is 17.3. The highest BCUT2D eigenvalue weighted by atomic mass is 16.4. The highest BCUT2D eigenvalue weighted by molar-refractivity contribution is 6.24. The third-order valence-corrected chi connectivity index (χ3v) is 7.96. The summed E-state index contributed by atoms with van der Waals surface area (Å²) in [5.74, 6) is -3.64. The molecular formula is C30H28N2O4. The monoisotopic (exact) mass is 480 g/mol. The summed E-state index contributed by atoms with van der Waals surface area (Å²) in [4.78, 5) is 41.7. The molecule has 0 aromatic heterocycles. The van der Waals surface area contributed by atoms with Crippen molar-refractivity contribution in [1.82, 2.24) is 5.32 Å². The van der Waals surface area contributed by atoms with Crippen LogP contribution in [0.4, 0.5) is 5.69 Å². The number of hydrogen-bond acceptors (Lipinski definition) is 4. The van der Waals surface area contributed by atoms with Crippen LogP contribution in [0.25, 0.3) is 11.1 Å². The number of amides is 2. The normalized spacial score (nSPS) is 26.3. The van der Waals surface area contributed by atoms with E-state index in [4.69, 9.17) is 0 Å². The highest BCUT2D eigenvalue weighted by Crippen LogP contribution is 2.52. The first-order valence-electron chi connectivity index (χ1n) is 12.5. The van der Waals surface area contributed by atoms with Crippen LogP contribution in [-0.2, 0) is 20.8 Å². The van der Waals surface area contributed by atoms with Gasteiger partial charge in [-0.3, -0.25) is 19.7 Å². The van der Waals surface area contributed by atoms with Gasteiger partial charge in [0.15, 0.2) is 0 Å². The van der Waals surface area contributed by atoms with Crippen molar-refractivity contribution in [2.24, 2.45) is 17.8 Å². The van der Waals surface area contributed by atoms with E-state index in [0.29, 0.717) is 5.69 Å². The molecular weight excluding hydrogens is 452 g/mol. The minimum atomic E-state index is -1.53. The van der Waals surface area contributed by atoms with Crippen LogP contribution in [0.5, 0.6) is 0 Å². The van der Waals surface area contributed by atoms with Crippen molar-refractivity contribution in [3.8, 4) is 11.1 Å². The molecule has 2 fully saturated rings. The molecule has 4 unspecified atom stereocenters. The van der Waals surface area contributed by atoms with E-state index in [9.17, 15) is 19.5 Å². The molecule has 2 aliphatic heterocycles. The van der Waals surface area contributed by atoms with Gasteiger partial charge in [0.05, 0.1) is 17.5 Å². The predicted octanol–water partition coefficient (Wildman–Crippen LogP) is 4.58. The van der Waals surface area contributed by atoms with Crippen LogP contribution in [0.2, 0.25) is 0 Å². The minimum Gasteiger partial charge on any atom is -0.480 e. The Kier molecular flexibility index (Phi) is 5.12. The molecule has 0 saturated carbocycles. The van der Waals surface area contributed by atoms with Gasteiger partial charge in [-0.05, 0) is 58.7 Å². The first-order valence-corrected chi connectivity index (χ1v) is 12.5. The Labute approximate surface area is 209 Å². The second-order valence-corrected chi connectivity index (χ2v) is 10.6. The van der Waals surface area contributed by atoms with Gasteiger partial charge in [0.1, 0.15) is 5.54 Å². The average Bonchev–Trinajstić information content (AvgIpc) is 3.48. The summed E-state index contributed by atoms with van der Waals surface area (Å²) in [5.41, 5.74) is 4.58. The molecule has 182 valence electrons. The van der Waals surface area contributed by atoms with Gasteiger partial charge < -0.3 is 5.11 Å². The van der Waals surface area contributed by atoms with E-state index in [0.717, 1.165) is 23.1 Å². The molecule has 3 aromatic carbocycles. The van der Waals surface area contributed by atoms with Gasteiger partial charge in [0.2, 0.25) is 11.8 Å². The lowest BCUT2D eigenvalue weighted by Crippen LogP contribution is -2.56. The number of carboxylic acids is 1. The fraction of sp³-hybridized carbons (Fsp3) is 0.300. The molecule has 3 aromatic rings. The minimum absolute atomic E-state index is 0.0104. The maximum atomic E-state index is 13.9. The number of carbonyl (C=O) groups excluding carboxylic acids is 2. The van der Waals surface area contributed by atoms with Crippen molar-refractivity contribution in [1.29, 1.82) is 0 Å². The Hall–Kier alpha value is -3.77. The van der Waals surface area contributed by atoms with Crippen molar-refractivity contribution in [3.63, 3.8) is 0 Å². The lowest BCUT2D eigenvalue weighted by atomic mass is 9.75. The zero-order valence-electron chi connectivity index (χ0n) is 20.3. The number of anilines is 1. The van der Waals surface area contributed by atoms with Gasteiger partial charge in [-0.15, -0.1) is 0 Å². The zero-order valence-corrected chi connectivity index (χ0v) is 20.3. The van der Waals surface area contributed by atoms with E-state index in [2.05, 4.69) is 29.6 Å². The number of hydrogen-bond donors (Lipinski definition) is 2. The Balaban J connectivity index is 1.47. The molecule has 0 spiro atoms. The molecule has 6 nitrogen and oxygen atoms in total. The largest absolute Gasteiger partial charge is 0.480 e. The smallest absolute Gasteiger partial charge is 0.324 e. The molecule has 36 heavy (non-hydrogen) atoms. The topological polar surface area (TPSA) is 86.7 Å². The summed E-state index contributed by atoms with van der Waals surface area (Å²) in [5, 5.41) is 13.8. The number of para-hydroxylation sites is 1. The summed E-state index contributed by atoms with van der Waals surface area (Å²) in [6.07, 6.45) is 1.04. The molecule has 3 aliphatic rings. The number of fused-ring (bicyclic) bond motifs is 4. The van der Waals surface area contributed by atoms with Gasteiger partial charge in [-0.2, -0.15) is 0 Å². The van der Waals surface area contributed by atoms with E-state index >= 15 is 0 Å². The lowest BCUT2D eigenvalue weighted by Gasteiger charge is -2.32. The van der Waals surface area contributed by atoms with Crippen LogP contribution >= 0.6 is 0 Å². The summed E-state index contributed by atoms with van der Waals surface area (Å²) in [6, 6.07) is 22.6. The highest BCUT2D eigenvalue weighted by Gasteiger charge is 2.68. The zero-order chi connectivity index (χ0) is 25.2. The number of nitrogens with zero attached hydrogens (tertiary/aromatic N) is 1. The van der Waals surface area contributed by atoms with Gasteiger partial charge in [-0.1, -0.05) is 74.5 Å². The van der Waals surface area contributed by atoms with Gasteiger partial charge >= 0.3 is 5.97 Å². The number of imide groups is 1. The third kappa shape index (κ3) is 3.17. The Morgan fingerprint density at radius 3 is 2.39 bits per heavy atom. The second kappa shape index (κ2) is 8.14. The van der Waals surface area contributed by atoms with Crippen LogP contribution in [-0.4, -0.2) is 28.4 Å². The maximum absolute atomic E-state index is 13.9. The van der Waals surface area contributed by atoms with E-state index in [-0.39, 0.29) is 18.2 Å². The number of nitrogens with one attached hydrogen (secondary N) is 1. The summed E-state index contributed by atoms with van der Waals surface area (Å²) < 4.78 is 0. The number of benzene rings is 3. The van der Waals surface area contributed by atoms with Gasteiger partial charge in [0.25, 0.3) is 0 Å². The SMILES string of the molecule is CC(C)CC1(C(=O)O)NC(c2ccc3c(c2)Cc2ccccc2-3)C2C(=O)N(c3ccccc3)C(=O)C21. The van der Waals surface area contributed by atoms with Crippen molar-refractivity contribution in [2.75, 3.05) is 4.90 Å². The Morgan fingerprint density at radius 2 is 1.67 bits per heavy atom. The molecule has 0 bridgehead atoms. The van der Waals surface area contributed by atoms with E-state index in [1.165, 1.54) is 16.0 Å². The van der Waals surface area contributed by atoms with Crippen LogP contribution in [0.15, 0.2) is 72.8 Å². The quantitative estimate of drug-likeness (QED) is 0.409. The summed E-state index contributed by atoms with van der Waals surface area (Å²) in [7, 11) is 0. The van der Waals surface area contributed by atoms with Crippen molar-refractivity contribution in [3.05, 3.63) is 89.5 Å². The fourth-order valence-corrected chi connectivity index (χ4v) is 6.59. The third-order valence-electron chi connectivity index (χ3n) is 7.96. The number of carboxylic acid groups (broad SMARTS) is 1. The molecule has 2 amide bonds. The summed E-state index contributed by atoms with van der Waals surface area (Å²) in [6.45, 7) is 3.88. The lowest BCUT2D eigenvalue weighted by molar-refractivity contribution is -0.149. The molecule has 0 radical (unpaired) electrons. The predicted molar refractivity (Wildman–Crippen MR) is 136 cm³/mol. The van der Waals surface area contributed by atoms with Gasteiger partial charge in [-0.25, -0.2) is 4.90 Å². The fourth-order valence-electron chi connectivity index (χ4n) is 6.59. The molecule has 4 atom stereocenters. The molecule has 1 aliphatic carbocycles. The number of carbonyl (C=O) groups is 3. The van der Waals surface area contributed by atoms with Gasteiger partial charge in [0, 0.05) is 6.04 Å². The first kappa shape index (κ1) is 22.7. The molecule has 6 heteroatoms. The van der Waals surface area contributed by atoms with Crippen molar-refractivity contribution in [2.45, 2.75) is 38.3 Å². The summed E-state index contributed by atoms with van der Waals surface area (Å²) >= 11 is 0. The number of aliphatic carboxylic acids is 1. The Morgan fingerprint density at radius 1 is 0.972 bits per heavy atom. The van der Waals surface area contributed by atoms with E-state index in [1.54, 1.807) is 24.3 Å². The molecule has 2 N–H and O–H groups in total. The molecule has 6 rings (SSSR count). The van der Waals surface area contributed by atoms with Crippen molar-refractivity contribution < 1.29 is 19.5 Å². The van der Waals surface area contributed by atoms with Crippen LogP contribution in [0, 0.1) is 17.8 Å². The standard InChI is InChI=1S/C30H28N2O4/c1-17(2)16-30(29(35)36)25-24(27(33)32(28(25)34)21-9-4-3-5-10-21)26(31-30)19-12-13-23-20(15-19)14-18-8-6-7-11-22(18)23/h3-13,15,17,24-26,31H,14,16H2,1-2H3,(H,35,36). The molecule has 2 saturated heterocycles. The average molecular weight is 481 g/mol. The van der Waals surface area contributed by atoms with E-state index in [1.807, 2.05) is 38.1 Å². The van der Waals surface area contributed by atoms with Crippen LogP contribution in [0.3, 0.4) is 0 Å². The van der Waals surface area contributed by atoms with Crippen LogP contribution < -0.4 is 10.2 Å². The number of rotatable bonds is 5. The second-order valence-electron chi connectivity index (χ2n) is 10.6. The van der Waals surface area contributed by atoms with Crippen LogP contribution in [0.1, 0.15) is 43.0 Å². The van der Waals surface area contributed by atoms with Crippen molar-refractivity contribution >= 4 is 23.5 Å². The van der Waals surface area contributed by atoms with E-state index < -0.39 is 35.3 Å². The Bertz CT molecular complexity index is 1400. The maximum Gasteiger partial charge on any atom is 0.324 e. The molecule has 2 heterocycles.